The first-order valence-corrected chi connectivity index (χ1v) is 9.98. The van der Waals surface area contributed by atoms with Crippen molar-refractivity contribution >= 4 is 46.2 Å². The number of fused-ring (bicyclic) bond motifs is 1. The number of hydrogen-bond donors (Lipinski definition) is 1. The molecule has 1 aromatic carbocycles. The smallest absolute Gasteiger partial charge is 0.350 e. The van der Waals surface area contributed by atoms with E-state index < -0.39 is 11.9 Å². The van der Waals surface area contributed by atoms with E-state index in [0.717, 1.165) is 23.5 Å². The van der Waals surface area contributed by atoms with E-state index in [4.69, 9.17) is 19.9 Å². The second kappa shape index (κ2) is 9.87. The maximum absolute atomic E-state index is 12.3. The maximum atomic E-state index is 12.3. The van der Waals surface area contributed by atoms with Gasteiger partial charge in [-0.05, 0) is 25.3 Å². The quantitative estimate of drug-likeness (QED) is 0.436. The summed E-state index contributed by atoms with van der Waals surface area (Å²) in [5.74, 6) is -1.35. The number of para-hydroxylation sites is 2. The molecule has 8 nitrogen and oxygen atoms in total. The molecule has 28 heavy (non-hydrogen) atoms. The van der Waals surface area contributed by atoms with Gasteiger partial charge in [0.15, 0.2) is 16.9 Å². The highest BCUT2D eigenvalue weighted by atomic mass is 32.2. The fourth-order valence-corrected chi connectivity index (χ4v) is 3.84. The second-order valence-electron chi connectivity index (χ2n) is 5.02. The van der Waals surface area contributed by atoms with Gasteiger partial charge in [-0.15, -0.1) is 11.8 Å². The lowest BCUT2D eigenvalue weighted by Gasteiger charge is -2.11. The van der Waals surface area contributed by atoms with E-state index in [1.807, 2.05) is 6.07 Å². The van der Waals surface area contributed by atoms with Crippen LogP contribution in [0.25, 0.3) is 0 Å². The predicted octanol–water partition coefficient (Wildman–Crippen LogP) is 2.85. The van der Waals surface area contributed by atoms with Crippen LogP contribution in [-0.4, -0.2) is 37.0 Å². The van der Waals surface area contributed by atoms with Crippen molar-refractivity contribution in [2.24, 2.45) is 10.7 Å². The third kappa shape index (κ3) is 4.68. The van der Waals surface area contributed by atoms with Crippen molar-refractivity contribution in [1.29, 1.82) is 5.26 Å². The minimum absolute atomic E-state index is 0.101. The number of nitriles is 1. The van der Waals surface area contributed by atoms with Gasteiger partial charge in [-0.3, -0.25) is 0 Å². The molecular weight excluding hydrogens is 402 g/mol. The molecule has 146 valence electrons. The average molecular weight is 419 g/mol. The fraction of sp³-hybridized carbons (Fsp3) is 0.222. The van der Waals surface area contributed by atoms with Gasteiger partial charge in [0.1, 0.15) is 16.8 Å². The lowest BCUT2D eigenvalue weighted by atomic mass is 10.3. The monoisotopic (exact) mass is 419 g/mol. The molecule has 0 amide bonds. The summed E-state index contributed by atoms with van der Waals surface area (Å²) < 4.78 is 15.6. The first-order valence-electron chi connectivity index (χ1n) is 7.94. The SMILES string of the molecule is CCOC(=O)C(C#N)=C(SC)SC1=Nc2ccccc2OC(N)=C1C(=O)OC. The molecule has 2 rings (SSSR count). The molecule has 0 fully saturated rings. The van der Waals surface area contributed by atoms with Crippen molar-refractivity contribution in [2.75, 3.05) is 20.0 Å². The highest BCUT2D eigenvalue weighted by Gasteiger charge is 2.29. The van der Waals surface area contributed by atoms with E-state index in [9.17, 15) is 14.9 Å². The maximum Gasteiger partial charge on any atom is 0.350 e. The van der Waals surface area contributed by atoms with Crippen molar-refractivity contribution in [3.05, 3.63) is 45.5 Å². The highest BCUT2D eigenvalue weighted by molar-refractivity contribution is 8.29. The van der Waals surface area contributed by atoms with Crippen LogP contribution in [0.5, 0.6) is 5.75 Å². The second-order valence-corrected chi connectivity index (χ2v) is 7.09. The molecule has 0 aliphatic carbocycles. The van der Waals surface area contributed by atoms with Crippen LogP contribution in [0.15, 0.2) is 50.5 Å². The molecular formula is C18H17N3O5S2. The molecule has 0 saturated carbocycles. The van der Waals surface area contributed by atoms with Crippen LogP contribution in [0.3, 0.4) is 0 Å². The van der Waals surface area contributed by atoms with Gasteiger partial charge in [-0.2, -0.15) is 5.26 Å². The Morgan fingerprint density at radius 1 is 1.36 bits per heavy atom. The fourth-order valence-electron chi connectivity index (χ4n) is 2.10. The number of rotatable bonds is 5. The summed E-state index contributed by atoms with van der Waals surface area (Å²) in [7, 11) is 1.20. The number of carbonyl (C=O) groups excluding carboxylic acids is 2. The Morgan fingerprint density at radius 2 is 2.07 bits per heavy atom. The third-order valence-corrected chi connectivity index (χ3v) is 5.53. The minimum Gasteiger partial charge on any atom is -0.465 e. The zero-order chi connectivity index (χ0) is 20.7. The number of benzene rings is 1. The summed E-state index contributed by atoms with van der Waals surface area (Å²) in [5, 5.41) is 9.55. The predicted molar refractivity (Wildman–Crippen MR) is 108 cm³/mol. The van der Waals surface area contributed by atoms with E-state index >= 15 is 0 Å². The van der Waals surface area contributed by atoms with Crippen LogP contribution in [0, 0.1) is 11.3 Å². The minimum atomic E-state index is -0.760. The molecule has 1 aliphatic rings. The van der Waals surface area contributed by atoms with Crippen LogP contribution in [0.2, 0.25) is 0 Å². The first-order chi connectivity index (χ1) is 13.5. The number of ether oxygens (including phenoxy) is 3. The van der Waals surface area contributed by atoms with Gasteiger partial charge in [-0.1, -0.05) is 23.9 Å². The van der Waals surface area contributed by atoms with Crippen LogP contribution in [-0.2, 0) is 19.1 Å². The molecule has 1 heterocycles. The average Bonchev–Trinajstić information content (AvgIpc) is 2.82. The van der Waals surface area contributed by atoms with Crippen LogP contribution < -0.4 is 10.5 Å². The van der Waals surface area contributed by atoms with Crippen molar-refractivity contribution in [1.82, 2.24) is 0 Å². The summed E-state index contributed by atoms with van der Waals surface area (Å²) in [5.41, 5.74) is 6.12. The van der Waals surface area contributed by atoms with E-state index in [2.05, 4.69) is 4.99 Å². The molecule has 1 aliphatic heterocycles. The van der Waals surface area contributed by atoms with Crippen LogP contribution in [0.1, 0.15) is 6.92 Å². The number of hydrogen-bond acceptors (Lipinski definition) is 10. The van der Waals surface area contributed by atoms with Crippen LogP contribution in [0.4, 0.5) is 5.69 Å². The molecule has 0 spiro atoms. The first kappa shape index (κ1) is 21.4. The van der Waals surface area contributed by atoms with E-state index in [1.54, 1.807) is 37.4 Å². The normalized spacial score (nSPS) is 13.9. The lowest BCUT2D eigenvalue weighted by molar-refractivity contribution is -0.138. The number of esters is 2. The van der Waals surface area contributed by atoms with Gasteiger partial charge in [0, 0.05) is 0 Å². The Morgan fingerprint density at radius 3 is 2.68 bits per heavy atom. The highest BCUT2D eigenvalue weighted by Crippen LogP contribution is 2.39. The van der Waals surface area contributed by atoms with Crippen molar-refractivity contribution in [3.63, 3.8) is 0 Å². The van der Waals surface area contributed by atoms with Gasteiger partial charge >= 0.3 is 11.9 Å². The number of aliphatic imine (C=N–C) groups is 1. The number of nitrogens with two attached hydrogens (primary N) is 1. The van der Waals surface area contributed by atoms with Gasteiger partial charge in [0.05, 0.1) is 18.0 Å². The Balaban J connectivity index is 2.61. The Hall–Kier alpha value is -2.90. The Bertz CT molecular complexity index is 931. The molecule has 10 heteroatoms. The molecule has 0 bridgehead atoms. The van der Waals surface area contributed by atoms with E-state index in [1.165, 1.54) is 7.11 Å². The number of methoxy groups -OCH3 is 1. The zero-order valence-corrected chi connectivity index (χ0v) is 17.0. The molecule has 0 radical (unpaired) electrons. The standard InChI is InChI=1S/C18H17N3O5S2/c1-4-25-16(22)10(9-19)18(27-3)28-15-13(17(23)24-2)14(20)26-12-8-6-5-7-11(12)21-15/h5-8H,4,20H2,1-3H3. The zero-order valence-electron chi connectivity index (χ0n) is 15.3. The molecule has 1 aromatic rings. The topological polar surface area (TPSA) is 124 Å². The van der Waals surface area contributed by atoms with E-state index in [0.29, 0.717) is 15.7 Å². The number of nitrogens with zero attached hydrogens (tertiary/aromatic N) is 2. The molecule has 0 saturated heterocycles. The summed E-state index contributed by atoms with van der Waals surface area (Å²) in [6, 6.07) is 8.66. The summed E-state index contributed by atoms with van der Waals surface area (Å²) in [4.78, 5) is 28.9. The van der Waals surface area contributed by atoms with Crippen molar-refractivity contribution in [2.45, 2.75) is 6.92 Å². The van der Waals surface area contributed by atoms with Gasteiger partial charge in [-0.25, -0.2) is 14.6 Å². The molecule has 0 atom stereocenters. The van der Waals surface area contributed by atoms with Gasteiger partial charge in [0.2, 0.25) is 5.88 Å². The van der Waals surface area contributed by atoms with Gasteiger partial charge < -0.3 is 19.9 Å². The molecule has 0 unspecified atom stereocenters. The summed E-state index contributed by atoms with van der Waals surface area (Å²) in [6.45, 7) is 1.76. The largest absolute Gasteiger partial charge is 0.465 e. The third-order valence-electron chi connectivity index (χ3n) is 3.33. The van der Waals surface area contributed by atoms with Crippen LogP contribution >= 0.6 is 23.5 Å². The summed E-state index contributed by atoms with van der Waals surface area (Å²) in [6.07, 6.45) is 1.69. The van der Waals surface area contributed by atoms with Crippen molar-refractivity contribution in [3.8, 4) is 11.8 Å². The Labute approximate surface area is 170 Å². The Kier molecular flexibility index (Phi) is 7.54. The van der Waals surface area contributed by atoms with Crippen molar-refractivity contribution < 1.29 is 23.8 Å². The van der Waals surface area contributed by atoms with Gasteiger partial charge in [0.25, 0.3) is 0 Å². The van der Waals surface area contributed by atoms with E-state index in [-0.39, 0.29) is 28.7 Å². The molecule has 0 aromatic heterocycles. The molecule has 2 N–H and O–H groups in total. The lowest BCUT2D eigenvalue weighted by Crippen LogP contribution is -2.21. The number of thioether (sulfide) groups is 2. The summed E-state index contributed by atoms with van der Waals surface area (Å²) >= 11 is 2.08. The number of carbonyl (C=O) groups is 2.